The molecule has 1 fully saturated rings. The third-order valence-electron chi connectivity index (χ3n) is 7.55. The first kappa shape index (κ1) is 23.2. The van der Waals surface area contributed by atoms with E-state index < -0.39 is 13.9 Å². The van der Waals surface area contributed by atoms with Crippen LogP contribution in [0.2, 0.25) is 25.7 Å². The number of ether oxygens (including phenoxy) is 1. The molecule has 7 nitrogen and oxygen atoms in total. The molecule has 34 heavy (non-hydrogen) atoms. The molecule has 0 radical (unpaired) electrons. The van der Waals surface area contributed by atoms with Gasteiger partial charge in [0.25, 0.3) is 0 Å². The summed E-state index contributed by atoms with van der Waals surface area (Å²) < 4.78 is 22.9. The van der Waals surface area contributed by atoms with Gasteiger partial charge in [-0.05, 0) is 48.8 Å². The van der Waals surface area contributed by atoms with Gasteiger partial charge < -0.3 is 14.6 Å². The Kier molecular flexibility index (Phi) is 5.48. The first-order valence-electron chi connectivity index (χ1n) is 12.1. The van der Waals surface area contributed by atoms with Crippen LogP contribution in [-0.2, 0) is 29.1 Å². The van der Waals surface area contributed by atoms with Gasteiger partial charge >= 0.3 is 0 Å². The van der Waals surface area contributed by atoms with Gasteiger partial charge in [0.2, 0.25) is 5.91 Å². The number of carbonyl (C=O) groups excluding carboxylic acids is 1. The lowest BCUT2D eigenvalue weighted by Gasteiger charge is -2.20. The molecule has 0 spiro atoms. The van der Waals surface area contributed by atoms with Crippen molar-refractivity contribution < 1.29 is 13.9 Å². The number of benzene rings is 1. The summed E-state index contributed by atoms with van der Waals surface area (Å²) in [5, 5.41) is 4.92. The van der Waals surface area contributed by atoms with Crippen molar-refractivity contribution in [1.82, 2.24) is 19.7 Å². The Balaban J connectivity index is 1.50. The number of halogens is 1. The Morgan fingerprint density at radius 2 is 2.15 bits per heavy atom. The first-order valence-corrected chi connectivity index (χ1v) is 15.8. The predicted octanol–water partition coefficient (Wildman–Crippen LogP) is 4.99. The third-order valence-corrected chi connectivity index (χ3v) is 9.25. The van der Waals surface area contributed by atoms with Crippen LogP contribution in [-0.4, -0.2) is 47.4 Å². The number of amides is 1. The number of nitrogens with zero attached hydrogens (tertiary/aromatic N) is 4. The number of nitrogens with one attached hydrogen (secondary N) is 1. The summed E-state index contributed by atoms with van der Waals surface area (Å²) in [6.07, 6.45) is 3.18. The second-order valence-electron chi connectivity index (χ2n) is 11.5. The molecule has 2 heterocycles. The normalized spacial score (nSPS) is 21.4. The second kappa shape index (κ2) is 8.02. The molecule has 3 aromatic rings. The Hall–Kier alpha value is -2.52. The molecule has 2 aliphatic rings. The number of anilines is 1. The highest BCUT2D eigenvalue weighted by atomic mass is 28.3. The molecular formula is C25H34FN5O2Si. The molecule has 2 aromatic heterocycles. The van der Waals surface area contributed by atoms with Crippen LogP contribution in [0.1, 0.15) is 31.5 Å². The molecule has 182 valence electrons. The Morgan fingerprint density at radius 1 is 1.38 bits per heavy atom. The van der Waals surface area contributed by atoms with E-state index in [0.717, 1.165) is 31.2 Å². The number of rotatable bonds is 7. The average Bonchev–Trinajstić information content (AvgIpc) is 3.06. The van der Waals surface area contributed by atoms with Gasteiger partial charge in [-0.1, -0.05) is 26.6 Å². The van der Waals surface area contributed by atoms with Crippen molar-refractivity contribution in [2.75, 3.05) is 18.6 Å². The number of H-pyrrole nitrogens is 1. The molecule has 1 amide bonds. The lowest BCUT2D eigenvalue weighted by Crippen LogP contribution is -2.23. The topological polar surface area (TPSA) is 76.0 Å². The summed E-state index contributed by atoms with van der Waals surface area (Å²) in [7, 11) is 0.470. The minimum atomic E-state index is -1.16. The zero-order valence-electron chi connectivity index (χ0n) is 21.0. The minimum absolute atomic E-state index is 0.159. The molecule has 1 N–H and O–H groups in total. The van der Waals surface area contributed by atoms with E-state index in [1.165, 1.54) is 35.6 Å². The van der Waals surface area contributed by atoms with Crippen LogP contribution >= 0.6 is 0 Å². The van der Waals surface area contributed by atoms with E-state index in [1.54, 1.807) is 13.1 Å². The highest BCUT2D eigenvalue weighted by Crippen LogP contribution is 2.60. The molecule has 0 unspecified atom stereocenters. The predicted molar refractivity (Wildman–Crippen MR) is 134 cm³/mol. The second-order valence-corrected chi connectivity index (χ2v) is 17.2. The van der Waals surface area contributed by atoms with Crippen molar-refractivity contribution in [2.24, 2.45) is 11.3 Å². The van der Waals surface area contributed by atoms with E-state index in [4.69, 9.17) is 9.84 Å². The monoisotopic (exact) mass is 483 g/mol. The maximum atomic E-state index is 14.9. The van der Waals surface area contributed by atoms with Crippen molar-refractivity contribution in [3.63, 3.8) is 0 Å². The number of fused-ring (bicyclic) bond motifs is 3. The molecule has 1 aromatic carbocycles. The fourth-order valence-electron chi connectivity index (χ4n) is 4.99. The van der Waals surface area contributed by atoms with Crippen LogP contribution in [0.5, 0.6) is 0 Å². The quantitative estimate of drug-likeness (QED) is 0.380. The molecular weight excluding hydrogens is 449 g/mol. The number of carbonyl (C=O) groups is 1. The fraction of sp³-hybridized carbons (Fsp3) is 0.560. The number of aromatic amines is 1. The van der Waals surface area contributed by atoms with Crippen molar-refractivity contribution in [2.45, 2.75) is 65.5 Å². The Morgan fingerprint density at radius 3 is 2.85 bits per heavy atom. The van der Waals surface area contributed by atoms with Gasteiger partial charge in [-0.2, -0.15) is 5.10 Å². The van der Waals surface area contributed by atoms with Gasteiger partial charge in [0.1, 0.15) is 17.9 Å². The van der Waals surface area contributed by atoms with Crippen LogP contribution in [0.25, 0.3) is 22.6 Å². The van der Waals surface area contributed by atoms with Gasteiger partial charge in [-0.25, -0.2) is 14.1 Å². The minimum Gasteiger partial charge on any atom is -0.360 e. The molecule has 9 heteroatoms. The van der Waals surface area contributed by atoms with Crippen molar-refractivity contribution in [3.05, 3.63) is 29.2 Å². The van der Waals surface area contributed by atoms with Gasteiger partial charge in [-0.15, -0.1) is 0 Å². The molecule has 1 saturated carbocycles. The first-order chi connectivity index (χ1) is 15.9. The van der Waals surface area contributed by atoms with Crippen molar-refractivity contribution in [3.8, 4) is 11.5 Å². The maximum absolute atomic E-state index is 14.9. The smallest absolute Gasteiger partial charge is 0.223 e. The SMILES string of the molecule is CC(=O)N(C)c1cc(F)c2nc(-c3nn(COCC[Si](C)(C)C)c4c3C[C@@H]3C[C@]3(C)C4)[nH]c2c1. The molecule has 2 atom stereocenters. The largest absolute Gasteiger partial charge is 0.360 e. The number of imidazole rings is 1. The summed E-state index contributed by atoms with van der Waals surface area (Å²) in [4.78, 5) is 21.0. The van der Waals surface area contributed by atoms with Crippen molar-refractivity contribution >= 4 is 30.7 Å². The summed E-state index contributed by atoms with van der Waals surface area (Å²) in [5.74, 6) is 0.618. The van der Waals surface area contributed by atoms with E-state index >= 15 is 0 Å². The maximum Gasteiger partial charge on any atom is 0.223 e. The zero-order valence-corrected chi connectivity index (χ0v) is 22.0. The van der Waals surface area contributed by atoms with Crippen LogP contribution in [0.3, 0.4) is 0 Å². The van der Waals surface area contributed by atoms with E-state index in [-0.39, 0.29) is 11.4 Å². The molecule has 0 bridgehead atoms. The van der Waals surface area contributed by atoms with E-state index in [1.807, 2.05) is 4.68 Å². The molecule has 2 aliphatic carbocycles. The van der Waals surface area contributed by atoms with Gasteiger partial charge in [0.05, 0.1) is 5.52 Å². The van der Waals surface area contributed by atoms with Gasteiger partial charge in [-0.3, -0.25) is 4.79 Å². The average molecular weight is 484 g/mol. The van der Waals surface area contributed by atoms with Crippen molar-refractivity contribution in [1.29, 1.82) is 0 Å². The highest BCUT2D eigenvalue weighted by molar-refractivity contribution is 6.76. The number of aromatic nitrogens is 4. The Labute approximate surface area is 200 Å². The molecule has 0 aliphatic heterocycles. The van der Waals surface area contributed by atoms with Gasteiger partial charge in [0.15, 0.2) is 11.6 Å². The van der Waals surface area contributed by atoms with E-state index in [9.17, 15) is 9.18 Å². The van der Waals surface area contributed by atoms with Crippen LogP contribution < -0.4 is 4.90 Å². The van der Waals surface area contributed by atoms with E-state index in [0.29, 0.717) is 35.1 Å². The summed E-state index contributed by atoms with van der Waals surface area (Å²) >= 11 is 0. The van der Waals surface area contributed by atoms with E-state index in [2.05, 4.69) is 36.5 Å². The Bertz CT molecular complexity index is 1280. The number of hydrogen-bond donors (Lipinski definition) is 1. The summed E-state index contributed by atoms with van der Waals surface area (Å²) in [6.45, 7) is 12.0. The van der Waals surface area contributed by atoms with Crippen LogP contribution in [0.4, 0.5) is 10.1 Å². The third kappa shape index (κ3) is 4.20. The zero-order chi connectivity index (χ0) is 24.4. The van der Waals surface area contributed by atoms with Gasteiger partial charge in [0, 0.05) is 45.6 Å². The standard InChI is InChI=1S/C25H34FN5O2Si/c1-15(32)30(3)17-10-19(26)23-20(11-17)27-24(28-23)22-18-9-16-12-25(16,2)13-21(18)31(29-22)14-33-7-8-34(4,5)6/h10-11,16H,7-9,12-14H2,1-6H3,(H,27,28)/t16-,25-/m1/s1. The molecule has 5 rings (SSSR count). The van der Waals surface area contributed by atoms with Crippen LogP contribution in [0.15, 0.2) is 12.1 Å². The summed E-state index contributed by atoms with van der Waals surface area (Å²) in [5.41, 5.74) is 4.87. The fourth-order valence-corrected chi connectivity index (χ4v) is 5.75. The molecule has 0 saturated heterocycles. The summed E-state index contributed by atoms with van der Waals surface area (Å²) in [6, 6.07) is 4.23. The highest BCUT2D eigenvalue weighted by Gasteiger charge is 2.54. The lowest BCUT2D eigenvalue weighted by atomic mass is 9.87. The van der Waals surface area contributed by atoms with Crippen LogP contribution in [0, 0.1) is 17.2 Å². The number of hydrogen-bond acceptors (Lipinski definition) is 4. The lowest BCUT2D eigenvalue weighted by molar-refractivity contribution is -0.116.